The van der Waals surface area contributed by atoms with Crippen LogP contribution in [0.2, 0.25) is 0 Å². The maximum absolute atomic E-state index is 12.3. The lowest BCUT2D eigenvalue weighted by Crippen LogP contribution is -2.46. The van der Waals surface area contributed by atoms with Crippen LogP contribution in [0.3, 0.4) is 0 Å². The third-order valence-corrected chi connectivity index (χ3v) is 4.08. The summed E-state index contributed by atoms with van der Waals surface area (Å²) in [6.07, 6.45) is 1.47. The predicted octanol–water partition coefficient (Wildman–Crippen LogP) is 1.38. The summed E-state index contributed by atoms with van der Waals surface area (Å²) in [5, 5.41) is 2.74. The number of fused-ring (bicyclic) bond motifs is 1. The van der Waals surface area contributed by atoms with E-state index in [1.807, 2.05) is 48.5 Å². The second-order valence-corrected chi connectivity index (χ2v) is 5.93. The summed E-state index contributed by atoms with van der Waals surface area (Å²) in [7, 11) is 0. The molecule has 0 saturated carbocycles. The van der Waals surface area contributed by atoms with E-state index in [0.717, 1.165) is 28.9 Å². The molecule has 1 aliphatic heterocycles. The molecule has 0 radical (unpaired) electrons. The number of nitrogens with one attached hydrogen (secondary N) is 1. The van der Waals surface area contributed by atoms with Crippen LogP contribution in [0.4, 0.5) is 0 Å². The molecular weight excluding hydrogens is 304 g/mol. The maximum Gasteiger partial charge on any atom is 0.240 e. The molecular formula is C19H20N2O3. The zero-order valence-electron chi connectivity index (χ0n) is 13.3. The molecule has 1 atom stereocenters. The smallest absolute Gasteiger partial charge is 0.240 e. The Balaban J connectivity index is 1.62. The standard InChI is InChI=1S/C19H20N2O3/c20-19(23)16(11-13-4-2-1-3-5-13)21-18(22)12-14-6-7-17-15(10-14)8-9-24-17/h1-7,10,16H,8-9,11-12H2,(H2,20,23)(H,21,22)/t16-/m1/s1. The highest BCUT2D eigenvalue weighted by Gasteiger charge is 2.19. The van der Waals surface area contributed by atoms with Gasteiger partial charge in [0, 0.05) is 12.8 Å². The third-order valence-electron chi connectivity index (χ3n) is 4.08. The first-order valence-corrected chi connectivity index (χ1v) is 7.99. The number of carbonyl (C=O) groups excluding carboxylic acids is 2. The Morgan fingerprint density at radius 1 is 1.12 bits per heavy atom. The van der Waals surface area contributed by atoms with Gasteiger partial charge in [-0.15, -0.1) is 0 Å². The number of nitrogens with two attached hydrogens (primary N) is 1. The Kier molecular flexibility index (Phi) is 4.79. The fourth-order valence-electron chi connectivity index (χ4n) is 2.85. The topological polar surface area (TPSA) is 81.4 Å². The summed E-state index contributed by atoms with van der Waals surface area (Å²) in [5.41, 5.74) is 8.41. The zero-order chi connectivity index (χ0) is 16.9. The SMILES string of the molecule is NC(=O)[C@@H](Cc1ccccc1)NC(=O)Cc1ccc2c(c1)CCO2. The summed E-state index contributed by atoms with van der Waals surface area (Å²) in [5.74, 6) is 0.140. The van der Waals surface area contributed by atoms with Gasteiger partial charge in [0.2, 0.25) is 11.8 Å². The van der Waals surface area contributed by atoms with Crippen LogP contribution in [0, 0.1) is 0 Å². The first-order valence-electron chi connectivity index (χ1n) is 7.99. The van der Waals surface area contributed by atoms with Gasteiger partial charge < -0.3 is 15.8 Å². The first-order chi connectivity index (χ1) is 11.6. The summed E-state index contributed by atoms with van der Waals surface area (Å²) in [6, 6.07) is 14.5. The normalized spacial score (nSPS) is 13.7. The highest BCUT2D eigenvalue weighted by atomic mass is 16.5. The highest BCUT2D eigenvalue weighted by Crippen LogP contribution is 2.25. The number of amides is 2. The van der Waals surface area contributed by atoms with Crippen LogP contribution in [0.1, 0.15) is 16.7 Å². The van der Waals surface area contributed by atoms with Gasteiger partial charge in [-0.2, -0.15) is 0 Å². The van der Waals surface area contributed by atoms with Gasteiger partial charge in [0.1, 0.15) is 11.8 Å². The molecule has 0 spiro atoms. The van der Waals surface area contributed by atoms with Gasteiger partial charge in [0.05, 0.1) is 13.0 Å². The number of primary amides is 1. The van der Waals surface area contributed by atoms with E-state index >= 15 is 0 Å². The Morgan fingerprint density at radius 3 is 2.67 bits per heavy atom. The molecule has 1 heterocycles. The minimum absolute atomic E-state index is 0.214. The average Bonchev–Trinajstić information content (AvgIpc) is 3.02. The number of carbonyl (C=O) groups is 2. The van der Waals surface area contributed by atoms with Crippen molar-refractivity contribution in [3.63, 3.8) is 0 Å². The Morgan fingerprint density at radius 2 is 1.92 bits per heavy atom. The van der Waals surface area contributed by atoms with E-state index in [1.165, 1.54) is 0 Å². The van der Waals surface area contributed by atoms with Crippen molar-refractivity contribution < 1.29 is 14.3 Å². The molecule has 2 amide bonds. The van der Waals surface area contributed by atoms with Gasteiger partial charge in [-0.05, 0) is 22.8 Å². The average molecular weight is 324 g/mol. The zero-order valence-corrected chi connectivity index (χ0v) is 13.3. The molecule has 3 rings (SSSR count). The van der Waals surface area contributed by atoms with Crippen LogP contribution in [0.15, 0.2) is 48.5 Å². The van der Waals surface area contributed by atoms with E-state index in [0.29, 0.717) is 13.0 Å². The molecule has 0 aromatic heterocycles. The molecule has 0 unspecified atom stereocenters. The quantitative estimate of drug-likeness (QED) is 0.842. The van der Waals surface area contributed by atoms with Crippen LogP contribution in [-0.2, 0) is 28.9 Å². The third kappa shape index (κ3) is 3.93. The number of rotatable bonds is 6. The van der Waals surface area contributed by atoms with Gasteiger partial charge in [0.15, 0.2) is 0 Å². The summed E-state index contributed by atoms with van der Waals surface area (Å²) in [6.45, 7) is 0.686. The van der Waals surface area contributed by atoms with Crippen molar-refractivity contribution in [1.29, 1.82) is 0 Å². The Labute approximate surface area is 140 Å². The highest BCUT2D eigenvalue weighted by molar-refractivity contribution is 5.87. The van der Waals surface area contributed by atoms with Crippen LogP contribution in [0.5, 0.6) is 5.75 Å². The molecule has 24 heavy (non-hydrogen) atoms. The molecule has 0 aliphatic carbocycles. The van der Waals surface area contributed by atoms with Crippen LogP contribution < -0.4 is 15.8 Å². The molecule has 2 aromatic rings. The van der Waals surface area contributed by atoms with Gasteiger partial charge >= 0.3 is 0 Å². The molecule has 5 nitrogen and oxygen atoms in total. The first kappa shape index (κ1) is 16.1. The fourth-order valence-corrected chi connectivity index (χ4v) is 2.85. The van der Waals surface area contributed by atoms with E-state index in [9.17, 15) is 9.59 Å². The van der Waals surface area contributed by atoms with Crippen molar-refractivity contribution >= 4 is 11.8 Å². The molecule has 0 fully saturated rings. The van der Waals surface area contributed by atoms with E-state index in [-0.39, 0.29) is 12.3 Å². The number of benzene rings is 2. The van der Waals surface area contributed by atoms with Crippen molar-refractivity contribution in [2.45, 2.75) is 25.3 Å². The van der Waals surface area contributed by atoms with Crippen molar-refractivity contribution in [3.8, 4) is 5.75 Å². The minimum atomic E-state index is -0.710. The molecule has 0 bridgehead atoms. The number of hydrogen-bond donors (Lipinski definition) is 2. The van der Waals surface area contributed by atoms with E-state index in [2.05, 4.69) is 5.32 Å². The number of hydrogen-bond acceptors (Lipinski definition) is 3. The Bertz CT molecular complexity index is 744. The van der Waals surface area contributed by atoms with Gasteiger partial charge in [-0.25, -0.2) is 0 Å². The second kappa shape index (κ2) is 7.17. The lowest BCUT2D eigenvalue weighted by atomic mass is 10.0. The summed E-state index contributed by atoms with van der Waals surface area (Å²) >= 11 is 0. The molecule has 2 aromatic carbocycles. The summed E-state index contributed by atoms with van der Waals surface area (Å²) in [4.78, 5) is 23.9. The molecule has 124 valence electrons. The van der Waals surface area contributed by atoms with E-state index in [4.69, 9.17) is 10.5 Å². The fraction of sp³-hybridized carbons (Fsp3) is 0.263. The largest absolute Gasteiger partial charge is 0.493 e. The lowest BCUT2D eigenvalue weighted by molar-refractivity contribution is -0.127. The predicted molar refractivity (Wildman–Crippen MR) is 90.6 cm³/mol. The summed E-state index contributed by atoms with van der Waals surface area (Å²) < 4.78 is 5.46. The van der Waals surface area contributed by atoms with Crippen molar-refractivity contribution in [1.82, 2.24) is 5.32 Å². The van der Waals surface area contributed by atoms with Crippen molar-refractivity contribution in [2.24, 2.45) is 5.73 Å². The maximum atomic E-state index is 12.3. The van der Waals surface area contributed by atoms with E-state index in [1.54, 1.807) is 0 Å². The van der Waals surface area contributed by atoms with Crippen LogP contribution in [0.25, 0.3) is 0 Å². The van der Waals surface area contributed by atoms with Gasteiger partial charge in [-0.3, -0.25) is 9.59 Å². The van der Waals surface area contributed by atoms with Gasteiger partial charge in [0.25, 0.3) is 0 Å². The monoisotopic (exact) mass is 324 g/mol. The Hall–Kier alpha value is -2.82. The molecule has 0 saturated heterocycles. The van der Waals surface area contributed by atoms with Crippen molar-refractivity contribution in [2.75, 3.05) is 6.61 Å². The second-order valence-electron chi connectivity index (χ2n) is 5.93. The van der Waals surface area contributed by atoms with Crippen molar-refractivity contribution in [3.05, 3.63) is 65.2 Å². The van der Waals surface area contributed by atoms with E-state index < -0.39 is 11.9 Å². The molecule has 3 N–H and O–H groups in total. The molecule has 5 heteroatoms. The van der Waals surface area contributed by atoms with Crippen LogP contribution in [-0.4, -0.2) is 24.5 Å². The molecule has 1 aliphatic rings. The lowest BCUT2D eigenvalue weighted by Gasteiger charge is -2.16. The minimum Gasteiger partial charge on any atom is -0.493 e. The number of ether oxygens (including phenoxy) is 1. The van der Waals surface area contributed by atoms with Crippen LogP contribution >= 0.6 is 0 Å². The van der Waals surface area contributed by atoms with Gasteiger partial charge in [-0.1, -0.05) is 42.5 Å².